The number of carbonyl (C=O) groups excluding carboxylic acids is 2. The van der Waals surface area contributed by atoms with Crippen LogP contribution in [-0.2, 0) is 4.79 Å². The van der Waals surface area contributed by atoms with Gasteiger partial charge < -0.3 is 19.1 Å². The highest BCUT2D eigenvalue weighted by atomic mass is 16.5. The summed E-state index contributed by atoms with van der Waals surface area (Å²) < 4.78 is 10.7. The number of rotatable bonds is 4. The summed E-state index contributed by atoms with van der Waals surface area (Å²) in [6.45, 7) is 4.14. The summed E-state index contributed by atoms with van der Waals surface area (Å²) in [5.74, 6) is 0.661. The van der Waals surface area contributed by atoms with Crippen LogP contribution >= 0.6 is 0 Å². The fourth-order valence-corrected chi connectivity index (χ4v) is 3.30. The Morgan fingerprint density at radius 2 is 2.08 bits per heavy atom. The maximum atomic E-state index is 12.3. The number of hydrogen-bond donors (Lipinski definition) is 0. The first-order chi connectivity index (χ1) is 12.7. The van der Waals surface area contributed by atoms with E-state index < -0.39 is 0 Å². The van der Waals surface area contributed by atoms with Gasteiger partial charge in [-0.25, -0.2) is 0 Å². The second-order valence-electron chi connectivity index (χ2n) is 6.44. The number of carbonyl (C=O) groups is 2. The van der Waals surface area contributed by atoms with E-state index >= 15 is 0 Å². The van der Waals surface area contributed by atoms with E-state index in [9.17, 15) is 9.59 Å². The average Bonchev–Trinajstić information content (AvgIpc) is 3.35. The summed E-state index contributed by atoms with van der Waals surface area (Å²) in [5, 5.41) is 3.93. The van der Waals surface area contributed by atoms with Gasteiger partial charge in [-0.15, -0.1) is 0 Å². The number of nitrogens with zero attached hydrogens (tertiary/aromatic N) is 4. The minimum atomic E-state index is -0.227. The Balaban J connectivity index is 1.59. The van der Waals surface area contributed by atoms with Gasteiger partial charge >= 0.3 is 11.8 Å². The Hall–Kier alpha value is -2.90. The Bertz CT molecular complexity index is 841. The van der Waals surface area contributed by atoms with Crippen molar-refractivity contribution < 1.29 is 18.8 Å². The average molecular weight is 356 g/mol. The highest BCUT2D eigenvalue weighted by molar-refractivity contribution is 5.98. The van der Waals surface area contributed by atoms with Crippen LogP contribution in [0.15, 0.2) is 22.7 Å². The molecule has 4 rings (SSSR count). The fraction of sp³-hybridized carbons (Fsp3) is 0.444. The summed E-state index contributed by atoms with van der Waals surface area (Å²) in [5.41, 5.74) is 1.42. The highest BCUT2D eigenvalue weighted by Crippen LogP contribution is 2.35. The van der Waals surface area contributed by atoms with Crippen molar-refractivity contribution in [1.82, 2.24) is 15.0 Å². The lowest BCUT2D eigenvalue weighted by atomic mass is 10.1. The molecule has 8 heteroatoms. The number of amides is 2. The second-order valence-corrected chi connectivity index (χ2v) is 6.44. The molecule has 2 aliphatic rings. The molecule has 0 saturated carbocycles. The summed E-state index contributed by atoms with van der Waals surface area (Å²) in [6.07, 6.45) is 2.86. The molecule has 0 N–H and O–H groups in total. The van der Waals surface area contributed by atoms with Crippen LogP contribution in [0.1, 0.15) is 36.9 Å². The summed E-state index contributed by atoms with van der Waals surface area (Å²) in [4.78, 5) is 32.0. The zero-order chi connectivity index (χ0) is 18.1. The molecule has 0 radical (unpaired) electrons. The molecule has 2 amide bonds. The summed E-state index contributed by atoms with van der Waals surface area (Å²) in [7, 11) is 0. The third kappa shape index (κ3) is 2.91. The first-order valence-corrected chi connectivity index (χ1v) is 8.88. The van der Waals surface area contributed by atoms with E-state index in [1.807, 2.05) is 13.0 Å². The number of benzene rings is 1. The number of aromatic nitrogens is 2. The van der Waals surface area contributed by atoms with Crippen molar-refractivity contribution in [3.05, 3.63) is 24.1 Å². The Kier molecular flexibility index (Phi) is 4.32. The van der Waals surface area contributed by atoms with E-state index in [-0.39, 0.29) is 24.3 Å². The van der Waals surface area contributed by atoms with Crippen LogP contribution in [0.25, 0.3) is 11.4 Å². The normalized spacial score (nSPS) is 16.6. The van der Waals surface area contributed by atoms with Gasteiger partial charge in [0.2, 0.25) is 5.82 Å². The molecule has 26 heavy (non-hydrogen) atoms. The standard InChI is InChI=1S/C18H20N4O4/c1-2-7-22-13-6-5-12(10-14(13)25-11-15(22)23)16-19-17(26-20-16)18(24)21-8-3-4-9-21/h5-6,10H,2-4,7-9,11H2,1H3. The van der Waals surface area contributed by atoms with Gasteiger partial charge in [0.05, 0.1) is 5.69 Å². The van der Waals surface area contributed by atoms with Crippen LogP contribution in [-0.4, -0.2) is 53.1 Å². The molecule has 136 valence electrons. The van der Waals surface area contributed by atoms with Gasteiger partial charge in [-0.3, -0.25) is 9.59 Å². The molecule has 1 aromatic carbocycles. The minimum absolute atomic E-state index is 0.00308. The van der Waals surface area contributed by atoms with Gasteiger partial charge in [0.1, 0.15) is 5.75 Å². The number of likely N-dealkylation sites (tertiary alicyclic amines) is 1. The monoisotopic (exact) mass is 356 g/mol. The molecule has 0 unspecified atom stereocenters. The molecule has 1 aromatic heterocycles. The van der Waals surface area contributed by atoms with Gasteiger partial charge in [-0.05, 0) is 37.5 Å². The van der Waals surface area contributed by atoms with Crippen molar-refractivity contribution in [3.8, 4) is 17.1 Å². The van der Waals surface area contributed by atoms with Gasteiger partial charge in [0, 0.05) is 25.2 Å². The lowest BCUT2D eigenvalue weighted by Gasteiger charge is -2.29. The molecule has 0 spiro atoms. The molecular formula is C18H20N4O4. The molecule has 2 aliphatic heterocycles. The fourth-order valence-electron chi connectivity index (χ4n) is 3.30. The van der Waals surface area contributed by atoms with E-state index in [0.717, 1.165) is 38.0 Å². The first kappa shape index (κ1) is 16.6. The van der Waals surface area contributed by atoms with E-state index in [0.29, 0.717) is 23.7 Å². The minimum Gasteiger partial charge on any atom is -0.482 e. The highest BCUT2D eigenvalue weighted by Gasteiger charge is 2.27. The van der Waals surface area contributed by atoms with Gasteiger partial charge in [0.15, 0.2) is 6.61 Å². The zero-order valence-electron chi connectivity index (χ0n) is 14.6. The quantitative estimate of drug-likeness (QED) is 0.834. The van der Waals surface area contributed by atoms with Crippen LogP contribution in [0.5, 0.6) is 5.75 Å². The third-order valence-electron chi connectivity index (χ3n) is 4.61. The van der Waals surface area contributed by atoms with Gasteiger partial charge in [-0.1, -0.05) is 12.1 Å². The predicted octanol–water partition coefficient (Wildman–Crippen LogP) is 2.11. The van der Waals surface area contributed by atoms with Crippen molar-refractivity contribution in [1.29, 1.82) is 0 Å². The molecule has 2 aromatic rings. The van der Waals surface area contributed by atoms with Crippen LogP contribution in [0.4, 0.5) is 5.69 Å². The predicted molar refractivity (Wildman–Crippen MR) is 93.0 cm³/mol. The Labute approximate surface area is 150 Å². The summed E-state index contributed by atoms with van der Waals surface area (Å²) in [6, 6.07) is 5.40. The zero-order valence-corrected chi connectivity index (χ0v) is 14.6. The molecular weight excluding hydrogens is 336 g/mol. The largest absolute Gasteiger partial charge is 0.482 e. The van der Waals surface area contributed by atoms with E-state index in [1.54, 1.807) is 21.9 Å². The Morgan fingerprint density at radius 1 is 1.27 bits per heavy atom. The summed E-state index contributed by atoms with van der Waals surface area (Å²) >= 11 is 0. The number of hydrogen-bond acceptors (Lipinski definition) is 6. The molecule has 0 atom stereocenters. The first-order valence-electron chi connectivity index (χ1n) is 8.88. The van der Waals surface area contributed by atoms with E-state index in [1.165, 1.54) is 0 Å². The van der Waals surface area contributed by atoms with E-state index in [4.69, 9.17) is 9.26 Å². The van der Waals surface area contributed by atoms with Gasteiger partial charge in [0.25, 0.3) is 5.91 Å². The maximum absolute atomic E-state index is 12.3. The van der Waals surface area contributed by atoms with Crippen molar-refractivity contribution in [2.75, 3.05) is 31.1 Å². The molecule has 0 aliphatic carbocycles. The van der Waals surface area contributed by atoms with Crippen molar-refractivity contribution >= 4 is 17.5 Å². The SMILES string of the molecule is CCCN1C(=O)COc2cc(-c3noc(C(=O)N4CCCC4)n3)ccc21. The van der Waals surface area contributed by atoms with Crippen LogP contribution in [0, 0.1) is 0 Å². The van der Waals surface area contributed by atoms with Crippen molar-refractivity contribution in [2.45, 2.75) is 26.2 Å². The number of anilines is 1. The lowest BCUT2D eigenvalue weighted by molar-refractivity contribution is -0.121. The third-order valence-corrected chi connectivity index (χ3v) is 4.61. The second kappa shape index (κ2) is 6.78. The topological polar surface area (TPSA) is 88.8 Å². The lowest BCUT2D eigenvalue weighted by Crippen LogP contribution is -2.39. The van der Waals surface area contributed by atoms with E-state index in [2.05, 4.69) is 10.1 Å². The molecule has 8 nitrogen and oxygen atoms in total. The smallest absolute Gasteiger partial charge is 0.316 e. The van der Waals surface area contributed by atoms with Crippen molar-refractivity contribution in [2.24, 2.45) is 0 Å². The number of ether oxygens (including phenoxy) is 1. The molecule has 0 bridgehead atoms. The molecule has 3 heterocycles. The number of fused-ring (bicyclic) bond motifs is 1. The van der Waals surface area contributed by atoms with Gasteiger partial charge in [-0.2, -0.15) is 4.98 Å². The Morgan fingerprint density at radius 3 is 2.85 bits per heavy atom. The van der Waals surface area contributed by atoms with Crippen molar-refractivity contribution in [3.63, 3.8) is 0 Å². The molecule has 1 saturated heterocycles. The molecule has 1 fully saturated rings. The van der Waals surface area contributed by atoms with Crippen LogP contribution in [0.3, 0.4) is 0 Å². The van der Waals surface area contributed by atoms with Crippen LogP contribution in [0.2, 0.25) is 0 Å². The maximum Gasteiger partial charge on any atom is 0.316 e. The van der Waals surface area contributed by atoms with Crippen LogP contribution < -0.4 is 9.64 Å².